The lowest BCUT2D eigenvalue weighted by Gasteiger charge is -2.17. The van der Waals surface area contributed by atoms with Crippen molar-refractivity contribution in [3.05, 3.63) is 24.3 Å². The second-order valence-corrected chi connectivity index (χ2v) is 4.84. The van der Waals surface area contributed by atoms with Crippen LogP contribution in [0.2, 0.25) is 0 Å². The molecule has 1 aromatic rings. The Morgan fingerprint density at radius 2 is 1.95 bits per heavy atom. The summed E-state index contributed by atoms with van der Waals surface area (Å²) in [5.74, 6) is 2.10. The molecule has 0 atom stereocenters. The zero-order chi connectivity index (χ0) is 14.8. The molecule has 1 aromatic carbocycles. The van der Waals surface area contributed by atoms with Crippen LogP contribution in [0.5, 0.6) is 11.5 Å². The summed E-state index contributed by atoms with van der Waals surface area (Å²) >= 11 is 5.57. The molecule has 5 heteroatoms. The van der Waals surface area contributed by atoms with Gasteiger partial charge in [-0.3, -0.25) is 4.79 Å². The van der Waals surface area contributed by atoms with Gasteiger partial charge >= 0.3 is 0 Å². The normalized spacial score (nSPS) is 10.2. The Balaban J connectivity index is 2.26. The van der Waals surface area contributed by atoms with E-state index in [4.69, 9.17) is 21.1 Å². The van der Waals surface area contributed by atoms with Gasteiger partial charge in [0.25, 0.3) is 0 Å². The first-order valence-electron chi connectivity index (χ1n) is 6.74. The fraction of sp³-hybridized carbons (Fsp3) is 0.533. The summed E-state index contributed by atoms with van der Waals surface area (Å²) in [6.45, 7) is 1.23. The predicted octanol–water partition coefficient (Wildman–Crippen LogP) is 2.94. The van der Waals surface area contributed by atoms with Crippen molar-refractivity contribution in [2.45, 2.75) is 19.3 Å². The molecule has 0 N–H and O–H groups in total. The van der Waals surface area contributed by atoms with Gasteiger partial charge in [0.2, 0.25) is 5.91 Å². The number of halogens is 1. The molecule has 0 unspecified atom stereocenters. The highest BCUT2D eigenvalue weighted by atomic mass is 35.5. The number of carbonyl (C=O) groups excluding carboxylic acids is 1. The maximum Gasteiger partial charge on any atom is 0.222 e. The van der Waals surface area contributed by atoms with Crippen LogP contribution < -0.4 is 9.47 Å². The van der Waals surface area contributed by atoms with Gasteiger partial charge in [-0.1, -0.05) is 12.1 Å². The average molecular weight is 300 g/mol. The zero-order valence-corrected chi connectivity index (χ0v) is 12.9. The van der Waals surface area contributed by atoms with Gasteiger partial charge in [-0.15, -0.1) is 11.6 Å². The predicted molar refractivity (Wildman–Crippen MR) is 80.7 cm³/mol. The standard InChI is InChI=1S/C15H22ClNO3/c1-17(15(18)9-5-10-16)11-6-12-20-14-8-4-3-7-13(14)19-2/h3-4,7-8H,5-6,9-12H2,1-2H3. The van der Waals surface area contributed by atoms with Gasteiger partial charge in [0.15, 0.2) is 11.5 Å². The Morgan fingerprint density at radius 3 is 2.60 bits per heavy atom. The zero-order valence-electron chi connectivity index (χ0n) is 12.1. The largest absolute Gasteiger partial charge is 0.493 e. The fourth-order valence-electron chi connectivity index (χ4n) is 1.76. The van der Waals surface area contributed by atoms with E-state index in [9.17, 15) is 4.79 Å². The molecule has 0 fully saturated rings. The van der Waals surface area contributed by atoms with Crippen LogP contribution in [0.1, 0.15) is 19.3 Å². The highest BCUT2D eigenvalue weighted by molar-refractivity contribution is 6.17. The van der Waals surface area contributed by atoms with Gasteiger partial charge in [0.05, 0.1) is 13.7 Å². The van der Waals surface area contributed by atoms with Crippen molar-refractivity contribution < 1.29 is 14.3 Å². The van der Waals surface area contributed by atoms with Crippen molar-refractivity contribution in [1.29, 1.82) is 0 Å². The topological polar surface area (TPSA) is 38.8 Å². The first-order chi connectivity index (χ1) is 9.69. The Morgan fingerprint density at radius 1 is 1.25 bits per heavy atom. The minimum atomic E-state index is 0.128. The maximum absolute atomic E-state index is 11.7. The van der Waals surface area contributed by atoms with Crippen molar-refractivity contribution in [2.75, 3.05) is 33.2 Å². The number of nitrogens with zero attached hydrogens (tertiary/aromatic N) is 1. The number of para-hydroxylation sites is 2. The van der Waals surface area contributed by atoms with Gasteiger partial charge < -0.3 is 14.4 Å². The van der Waals surface area contributed by atoms with Crippen LogP contribution in [0.15, 0.2) is 24.3 Å². The molecule has 20 heavy (non-hydrogen) atoms. The molecule has 1 rings (SSSR count). The van der Waals surface area contributed by atoms with E-state index in [1.807, 2.05) is 24.3 Å². The molecule has 1 amide bonds. The summed E-state index contributed by atoms with van der Waals surface area (Å²) in [4.78, 5) is 13.4. The van der Waals surface area contributed by atoms with E-state index in [1.165, 1.54) is 0 Å². The number of benzene rings is 1. The summed E-state index contributed by atoms with van der Waals surface area (Å²) in [5, 5.41) is 0. The Kier molecular flexibility index (Phi) is 7.88. The SMILES string of the molecule is COc1ccccc1OCCCN(C)C(=O)CCCCl. The van der Waals surface area contributed by atoms with Gasteiger partial charge in [-0.25, -0.2) is 0 Å². The number of carbonyl (C=O) groups is 1. The lowest BCUT2D eigenvalue weighted by atomic mass is 10.3. The minimum Gasteiger partial charge on any atom is -0.493 e. The van der Waals surface area contributed by atoms with Crippen molar-refractivity contribution in [1.82, 2.24) is 4.90 Å². The van der Waals surface area contributed by atoms with E-state index in [-0.39, 0.29) is 5.91 Å². The second kappa shape index (κ2) is 9.48. The van der Waals surface area contributed by atoms with Crippen LogP contribution >= 0.6 is 11.6 Å². The first kappa shape index (κ1) is 16.6. The van der Waals surface area contributed by atoms with Crippen LogP contribution in [0.3, 0.4) is 0 Å². The summed E-state index contributed by atoms with van der Waals surface area (Å²) < 4.78 is 10.9. The molecule has 0 bridgehead atoms. The summed E-state index contributed by atoms with van der Waals surface area (Å²) in [5.41, 5.74) is 0. The molecule has 4 nitrogen and oxygen atoms in total. The van der Waals surface area contributed by atoms with Crippen molar-refractivity contribution in [3.8, 4) is 11.5 Å². The first-order valence-corrected chi connectivity index (χ1v) is 7.28. The number of methoxy groups -OCH3 is 1. The smallest absolute Gasteiger partial charge is 0.222 e. The number of alkyl halides is 1. The summed E-state index contributed by atoms with van der Waals surface area (Å²) in [7, 11) is 3.42. The number of hydrogen-bond acceptors (Lipinski definition) is 3. The Bertz CT molecular complexity index is 412. The molecular formula is C15H22ClNO3. The van der Waals surface area contributed by atoms with E-state index >= 15 is 0 Å². The van der Waals surface area contributed by atoms with E-state index < -0.39 is 0 Å². The minimum absolute atomic E-state index is 0.128. The van der Waals surface area contributed by atoms with Gasteiger partial charge in [0, 0.05) is 25.9 Å². The van der Waals surface area contributed by atoms with Crippen LogP contribution in [0.25, 0.3) is 0 Å². The van der Waals surface area contributed by atoms with Gasteiger partial charge in [-0.05, 0) is 25.0 Å². The Hall–Kier alpha value is -1.42. The molecule has 112 valence electrons. The van der Waals surface area contributed by atoms with Crippen LogP contribution in [-0.2, 0) is 4.79 Å². The third kappa shape index (κ3) is 5.70. The van der Waals surface area contributed by atoms with Crippen molar-refractivity contribution in [3.63, 3.8) is 0 Å². The monoisotopic (exact) mass is 299 g/mol. The molecule has 0 aliphatic rings. The quantitative estimate of drug-likeness (QED) is 0.520. The van der Waals surface area contributed by atoms with E-state index in [2.05, 4.69) is 0 Å². The molecule has 0 radical (unpaired) electrons. The van der Waals surface area contributed by atoms with E-state index in [1.54, 1.807) is 19.1 Å². The highest BCUT2D eigenvalue weighted by Crippen LogP contribution is 2.25. The Labute approximate surface area is 125 Å². The molecule has 0 aliphatic heterocycles. The maximum atomic E-state index is 11.7. The lowest BCUT2D eigenvalue weighted by Crippen LogP contribution is -2.28. The number of hydrogen-bond donors (Lipinski definition) is 0. The molecule has 0 aliphatic carbocycles. The average Bonchev–Trinajstić information content (AvgIpc) is 2.49. The number of amides is 1. The molecule has 0 spiro atoms. The van der Waals surface area contributed by atoms with Crippen LogP contribution in [0.4, 0.5) is 0 Å². The molecule has 0 aromatic heterocycles. The molecule has 0 heterocycles. The third-order valence-electron chi connectivity index (χ3n) is 2.91. The highest BCUT2D eigenvalue weighted by Gasteiger charge is 2.08. The van der Waals surface area contributed by atoms with E-state index in [0.717, 1.165) is 24.3 Å². The lowest BCUT2D eigenvalue weighted by molar-refractivity contribution is -0.130. The number of ether oxygens (including phenoxy) is 2. The van der Waals surface area contributed by atoms with Gasteiger partial charge in [-0.2, -0.15) is 0 Å². The van der Waals surface area contributed by atoms with Crippen molar-refractivity contribution in [2.24, 2.45) is 0 Å². The van der Waals surface area contributed by atoms with Gasteiger partial charge in [0.1, 0.15) is 0 Å². The molecular weight excluding hydrogens is 278 g/mol. The van der Waals surface area contributed by atoms with Crippen LogP contribution in [0, 0.1) is 0 Å². The summed E-state index contributed by atoms with van der Waals surface area (Å²) in [6, 6.07) is 7.53. The second-order valence-electron chi connectivity index (χ2n) is 4.46. The number of rotatable bonds is 9. The molecule has 0 saturated carbocycles. The third-order valence-corrected chi connectivity index (χ3v) is 3.18. The fourth-order valence-corrected chi connectivity index (χ4v) is 1.89. The van der Waals surface area contributed by atoms with E-state index in [0.29, 0.717) is 25.5 Å². The van der Waals surface area contributed by atoms with Crippen LogP contribution in [-0.4, -0.2) is 44.0 Å². The van der Waals surface area contributed by atoms with Crippen molar-refractivity contribution >= 4 is 17.5 Å². The molecule has 0 saturated heterocycles. The summed E-state index contributed by atoms with van der Waals surface area (Å²) in [6.07, 6.45) is 2.01.